The van der Waals surface area contributed by atoms with E-state index in [1.807, 2.05) is 25.6 Å². The second-order valence-corrected chi connectivity index (χ2v) is 6.18. The van der Waals surface area contributed by atoms with Crippen LogP contribution in [-0.2, 0) is 6.54 Å². The fourth-order valence-corrected chi connectivity index (χ4v) is 2.96. The molecule has 1 fully saturated rings. The van der Waals surface area contributed by atoms with Crippen molar-refractivity contribution in [2.45, 2.75) is 38.6 Å². The van der Waals surface area contributed by atoms with E-state index >= 15 is 0 Å². The SMILES string of the molecule is CNc1nc(C2CCC2)nc2c1ncn2Cc1cc(C)ccn1. The van der Waals surface area contributed by atoms with Gasteiger partial charge in [0.15, 0.2) is 11.5 Å². The zero-order valence-electron chi connectivity index (χ0n) is 13.5. The molecule has 0 unspecified atom stereocenters. The van der Waals surface area contributed by atoms with Crippen LogP contribution < -0.4 is 5.32 Å². The first-order valence-electron chi connectivity index (χ1n) is 8.06. The van der Waals surface area contributed by atoms with Gasteiger partial charge in [-0.3, -0.25) is 4.98 Å². The molecule has 3 aromatic rings. The Morgan fingerprint density at radius 1 is 1.26 bits per heavy atom. The summed E-state index contributed by atoms with van der Waals surface area (Å²) in [7, 11) is 1.88. The molecular weight excluding hydrogens is 288 g/mol. The number of aryl methyl sites for hydroxylation is 1. The zero-order valence-corrected chi connectivity index (χ0v) is 13.5. The number of pyridine rings is 1. The molecule has 1 saturated carbocycles. The summed E-state index contributed by atoms with van der Waals surface area (Å²) < 4.78 is 2.06. The molecule has 0 saturated heterocycles. The van der Waals surface area contributed by atoms with Gasteiger partial charge in [0, 0.05) is 19.2 Å². The molecule has 0 spiro atoms. The molecule has 1 aliphatic carbocycles. The number of hydrogen-bond donors (Lipinski definition) is 1. The number of imidazole rings is 1. The Morgan fingerprint density at radius 3 is 2.83 bits per heavy atom. The lowest BCUT2D eigenvalue weighted by Gasteiger charge is -2.24. The van der Waals surface area contributed by atoms with E-state index in [4.69, 9.17) is 4.98 Å². The Kier molecular flexibility index (Phi) is 3.44. The van der Waals surface area contributed by atoms with Gasteiger partial charge in [-0.25, -0.2) is 15.0 Å². The minimum Gasteiger partial charge on any atom is -0.371 e. The van der Waals surface area contributed by atoms with E-state index < -0.39 is 0 Å². The number of anilines is 1. The summed E-state index contributed by atoms with van der Waals surface area (Å²) in [6.45, 7) is 2.75. The summed E-state index contributed by atoms with van der Waals surface area (Å²) in [6.07, 6.45) is 7.31. The van der Waals surface area contributed by atoms with Crippen molar-refractivity contribution in [3.8, 4) is 0 Å². The van der Waals surface area contributed by atoms with E-state index in [1.54, 1.807) is 0 Å². The molecular formula is C17H20N6. The molecule has 6 heteroatoms. The van der Waals surface area contributed by atoms with Crippen LogP contribution in [0.1, 0.15) is 42.3 Å². The van der Waals surface area contributed by atoms with Crippen molar-refractivity contribution >= 4 is 17.0 Å². The van der Waals surface area contributed by atoms with Gasteiger partial charge < -0.3 is 9.88 Å². The molecule has 118 valence electrons. The summed E-state index contributed by atoms with van der Waals surface area (Å²) in [5.74, 6) is 2.24. The average molecular weight is 308 g/mol. The Balaban J connectivity index is 1.77. The van der Waals surface area contributed by atoms with Crippen LogP contribution in [0.4, 0.5) is 5.82 Å². The quantitative estimate of drug-likeness (QED) is 0.802. The van der Waals surface area contributed by atoms with Gasteiger partial charge in [0.1, 0.15) is 11.3 Å². The van der Waals surface area contributed by atoms with Gasteiger partial charge in [0.25, 0.3) is 0 Å². The molecule has 0 atom stereocenters. The highest BCUT2D eigenvalue weighted by Crippen LogP contribution is 2.35. The molecule has 1 N–H and O–H groups in total. The summed E-state index contributed by atoms with van der Waals surface area (Å²) in [4.78, 5) is 18.4. The average Bonchev–Trinajstić information content (AvgIpc) is 2.88. The maximum atomic E-state index is 4.81. The molecule has 6 nitrogen and oxygen atoms in total. The lowest BCUT2D eigenvalue weighted by atomic mass is 9.85. The van der Waals surface area contributed by atoms with Gasteiger partial charge in [-0.15, -0.1) is 0 Å². The fourth-order valence-electron chi connectivity index (χ4n) is 2.96. The van der Waals surface area contributed by atoms with Crippen molar-refractivity contribution in [3.05, 3.63) is 41.7 Å². The number of hydrogen-bond acceptors (Lipinski definition) is 5. The van der Waals surface area contributed by atoms with Crippen LogP contribution >= 0.6 is 0 Å². The van der Waals surface area contributed by atoms with Gasteiger partial charge in [-0.1, -0.05) is 6.42 Å². The molecule has 0 aromatic carbocycles. The number of aromatic nitrogens is 5. The van der Waals surface area contributed by atoms with Gasteiger partial charge in [-0.2, -0.15) is 0 Å². The summed E-state index contributed by atoms with van der Waals surface area (Å²) in [6, 6.07) is 4.10. The second kappa shape index (κ2) is 5.61. The predicted molar refractivity (Wildman–Crippen MR) is 89.5 cm³/mol. The van der Waals surface area contributed by atoms with Crippen LogP contribution in [0.15, 0.2) is 24.7 Å². The highest BCUT2D eigenvalue weighted by Gasteiger charge is 2.24. The van der Waals surface area contributed by atoms with E-state index in [1.165, 1.54) is 24.8 Å². The largest absolute Gasteiger partial charge is 0.371 e. The summed E-state index contributed by atoms with van der Waals surface area (Å²) >= 11 is 0. The van der Waals surface area contributed by atoms with Crippen molar-refractivity contribution in [3.63, 3.8) is 0 Å². The molecule has 23 heavy (non-hydrogen) atoms. The van der Waals surface area contributed by atoms with E-state index in [0.717, 1.165) is 28.5 Å². The highest BCUT2D eigenvalue weighted by atomic mass is 15.2. The third kappa shape index (κ3) is 2.54. The van der Waals surface area contributed by atoms with E-state index in [9.17, 15) is 0 Å². The maximum Gasteiger partial charge on any atom is 0.166 e. The minimum absolute atomic E-state index is 0.493. The summed E-state index contributed by atoms with van der Waals surface area (Å²) in [5, 5.41) is 3.16. The van der Waals surface area contributed by atoms with E-state index in [2.05, 4.69) is 37.8 Å². The van der Waals surface area contributed by atoms with Gasteiger partial charge >= 0.3 is 0 Å². The number of fused-ring (bicyclic) bond motifs is 1. The Labute approximate surface area is 135 Å². The normalized spacial score (nSPS) is 14.9. The minimum atomic E-state index is 0.493. The first-order valence-corrected chi connectivity index (χ1v) is 8.06. The zero-order chi connectivity index (χ0) is 15.8. The van der Waals surface area contributed by atoms with Crippen molar-refractivity contribution in [2.24, 2.45) is 0 Å². The molecule has 0 amide bonds. The first kappa shape index (κ1) is 14.1. The van der Waals surface area contributed by atoms with Gasteiger partial charge in [0.2, 0.25) is 0 Å². The van der Waals surface area contributed by atoms with Crippen LogP contribution in [-0.4, -0.2) is 31.6 Å². The van der Waals surface area contributed by atoms with Crippen molar-refractivity contribution in [2.75, 3.05) is 12.4 Å². The molecule has 0 bridgehead atoms. The fraction of sp³-hybridized carbons (Fsp3) is 0.412. The lowest BCUT2D eigenvalue weighted by molar-refractivity contribution is 0.402. The Morgan fingerprint density at radius 2 is 2.13 bits per heavy atom. The molecule has 1 aliphatic rings. The van der Waals surface area contributed by atoms with Crippen LogP contribution in [0.5, 0.6) is 0 Å². The Bertz CT molecular complexity index is 849. The topological polar surface area (TPSA) is 68.5 Å². The highest BCUT2D eigenvalue weighted by molar-refractivity contribution is 5.83. The molecule has 0 aliphatic heterocycles. The van der Waals surface area contributed by atoms with E-state index in [-0.39, 0.29) is 0 Å². The number of rotatable bonds is 4. The maximum absolute atomic E-state index is 4.81. The molecule has 0 radical (unpaired) electrons. The van der Waals surface area contributed by atoms with Crippen LogP contribution in [0, 0.1) is 6.92 Å². The number of nitrogens with zero attached hydrogens (tertiary/aromatic N) is 5. The molecule has 3 heterocycles. The van der Waals surface area contributed by atoms with Crippen molar-refractivity contribution in [1.82, 2.24) is 24.5 Å². The van der Waals surface area contributed by atoms with Gasteiger partial charge in [-0.05, 0) is 37.5 Å². The molecule has 4 rings (SSSR count). The Hall–Kier alpha value is -2.50. The van der Waals surface area contributed by atoms with Crippen LogP contribution in [0.25, 0.3) is 11.2 Å². The molecule has 3 aromatic heterocycles. The number of nitrogens with one attached hydrogen (secondary N) is 1. The monoisotopic (exact) mass is 308 g/mol. The van der Waals surface area contributed by atoms with E-state index in [0.29, 0.717) is 12.5 Å². The van der Waals surface area contributed by atoms with Crippen LogP contribution in [0.3, 0.4) is 0 Å². The smallest absolute Gasteiger partial charge is 0.166 e. The predicted octanol–water partition coefficient (Wildman–Crippen LogP) is 2.89. The third-order valence-electron chi connectivity index (χ3n) is 4.49. The van der Waals surface area contributed by atoms with Crippen molar-refractivity contribution in [1.29, 1.82) is 0 Å². The summed E-state index contributed by atoms with van der Waals surface area (Å²) in [5.41, 5.74) is 3.93. The van der Waals surface area contributed by atoms with Crippen LogP contribution in [0.2, 0.25) is 0 Å². The second-order valence-electron chi connectivity index (χ2n) is 6.18. The third-order valence-corrected chi connectivity index (χ3v) is 4.49. The van der Waals surface area contributed by atoms with Gasteiger partial charge in [0.05, 0.1) is 18.6 Å². The standard InChI is InChI=1S/C17H20N6/c1-11-6-7-19-13(8-11)9-23-10-20-14-16(18-2)21-15(22-17(14)23)12-4-3-5-12/h6-8,10,12H,3-5,9H2,1-2H3,(H,18,21,22). The van der Waals surface area contributed by atoms with Crippen molar-refractivity contribution < 1.29 is 0 Å². The first-order chi connectivity index (χ1) is 11.2. The lowest BCUT2D eigenvalue weighted by Crippen LogP contribution is -2.14.